The predicted molar refractivity (Wildman–Crippen MR) is 82.9 cm³/mol. The van der Waals surface area contributed by atoms with E-state index in [0.717, 1.165) is 11.1 Å². The lowest BCUT2D eigenvalue weighted by Crippen LogP contribution is -2.11. The van der Waals surface area contributed by atoms with Crippen LogP contribution >= 0.6 is 11.8 Å². The molecule has 2 aromatic carbocycles. The Morgan fingerprint density at radius 2 is 1.47 bits per heavy atom. The van der Waals surface area contributed by atoms with E-state index >= 15 is 0 Å². The van der Waals surface area contributed by atoms with Crippen molar-refractivity contribution in [1.29, 1.82) is 0 Å². The lowest BCUT2D eigenvalue weighted by Gasteiger charge is -2.25. The number of phenolic OH excluding ortho intramolecular Hbond substituents is 1. The third-order valence-corrected chi connectivity index (χ3v) is 4.52. The van der Waals surface area contributed by atoms with Crippen molar-refractivity contribution >= 4 is 11.8 Å². The minimum absolute atomic E-state index is 0.0110. The van der Waals surface area contributed by atoms with Gasteiger partial charge in [0.15, 0.2) is 0 Å². The molecule has 0 bridgehead atoms. The number of rotatable bonds is 3. The number of phenols is 1. The molecule has 0 aliphatic carbocycles. The molecule has 0 atom stereocenters. The summed E-state index contributed by atoms with van der Waals surface area (Å²) in [5.74, 6) is 0.405. The molecule has 0 amide bonds. The van der Waals surface area contributed by atoms with Crippen LogP contribution in [0, 0.1) is 13.8 Å². The van der Waals surface area contributed by atoms with Crippen LogP contribution < -0.4 is 0 Å². The predicted octanol–water partition coefficient (Wildman–Crippen LogP) is 5.04. The van der Waals surface area contributed by atoms with Gasteiger partial charge in [0.1, 0.15) is 5.75 Å². The van der Waals surface area contributed by atoms with E-state index < -0.39 is 0 Å². The van der Waals surface area contributed by atoms with Crippen LogP contribution in [-0.4, -0.2) is 5.11 Å². The number of aryl methyl sites for hydroxylation is 2. The van der Waals surface area contributed by atoms with Gasteiger partial charge in [0.2, 0.25) is 0 Å². The Balaban J connectivity index is 2.31. The molecule has 19 heavy (non-hydrogen) atoms. The second kappa shape index (κ2) is 5.30. The molecule has 1 nitrogen and oxygen atoms in total. The summed E-state index contributed by atoms with van der Waals surface area (Å²) in [6.07, 6.45) is 0. The minimum Gasteiger partial charge on any atom is -0.507 e. The van der Waals surface area contributed by atoms with Crippen LogP contribution in [0.25, 0.3) is 0 Å². The lowest BCUT2D eigenvalue weighted by molar-refractivity contribution is 0.466. The Hall–Kier alpha value is -1.41. The summed E-state index contributed by atoms with van der Waals surface area (Å²) in [5.41, 5.74) is 3.18. The normalized spacial score (nSPS) is 11.6. The van der Waals surface area contributed by atoms with Gasteiger partial charge in [0.25, 0.3) is 0 Å². The highest BCUT2D eigenvalue weighted by Crippen LogP contribution is 2.42. The van der Waals surface area contributed by atoms with Crippen LogP contribution in [0.2, 0.25) is 0 Å². The molecule has 0 aliphatic rings. The maximum absolute atomic E-state index is 9.84. The summed E-state index contributed by atoms with van der Waals surface area (Å²) in [7, 11) is 0. The van der Waals surface area contributed by atoms with E-state index in [2.05, 4.69) is 50.2 Å². The minimum atomic E-state index is 0.0110. The molecule has 100 valence electrons. The van der Waals surface area contributed by atoms with Gasteiger partial charge in [-0.1, -0.05) is 30.3 Å². The van der Waals surface area contributed by atoms with E-state index in [9.17, 15) is 5.11 Å². The van der Waals surface area contributed by atoms with Crippen molar-refractivity contribution < 1.29 is 5.11 Å². The molecule has 0 radical (unpaired) electrons. The Morgan fingerprint density at radius 3 is 2.00 bits per heavy atom. The topological polar surface area (TPSA) is 20.2 Å². The zero-order chi connectivity index (χ0) is 14.0. The van der Waals surface area contributed by atoms with Crippen LogP contribution in [-0.2, 0) is 4.75 Å². The van der Waals surface area contributed by atoms with E-state index in [1.165, 1.54) is 10.5 Å². The second-order valence-electron chi connectivity index (χ2n) is 5.38. The summed E-state index contributed by atoms with van der Waals surface area (Å²) >= 11 is 1.82. The molecule has 0 aromatic heterocycles. The van der Waals surface area contributed by atoms with E-state index in [1.54, 1.807) is 0 Å². The fraction of sp³-hybridized carbons (Fsp3) is 0.294. The quantitative estimate of drug-likeness (QED) is 0.790. The van der Waals surface area contributed by atoms with Crippen LogP contribution in [0.5, 0.6) is 5.75 Å². The average Bonchev–Trinajstić information content (AvgIpc) is 2.36. The third kappa shape index (κ3) is 3.13. The van der Waals surface area contributed by atoms with E-state index in [-0.39, 0.29) is 4.75 Å². The third-order valence-electron chi connectivity index (χ3n) is 3.31. The molecular formula is C17H20OS. The van der Waals surface area contributed by atoms with Crippen molar-refractivity contribution in [2.45, 2.75) is 37.3 Å². The lowest BCUT2D eigenvalue weighted by atomic mass is 10.0. The summed E-state index contributed by atoms with van der Waals surface area (Å²) in [6, 6.07) is 14.6. The summed E-state index contributed by atoms with van der Waals surface area (Å²) in [6.45, 7) is 8.35. The van der Waals surface area contributed by atoms with Crippen LogP contribution in [0.15, 0.2) is 47.4 Å². The number of hydrogen-bond donors (Lipinski definition) is 1. The maximum atomic E-state index is 9.84. The number of aromatic hydroxyl groups is 1. The van der Waals surface area contributed by atoms with Crippen LogP contribution in [0.1, 0.15) is 30.5 Å². The fourth-order valence-corrected chi connectivity index (χ4v) is 3.48. The Morgan fingerprint density at radius 1 is 0.947 bits per heavy atom. The van der Waals surface area contributed by atoms with Gasteiger partial charge in [0, 0.05) is 9.64 Å². The molecule has 0 aliphatic heterocycles. The van der Waals surface area contributed by atoms with E-state index in [1.807, 2.05) is 31.7 Å². The molecule has 0 spiro atoms. The molecule has 1 N–H and O–H groups in total. The van der Waals surface area contributed by atoms with Gasteiger partial charge >= 0.3 is 0 Å². The van der Waals surface area contributed by atoms with Gasteiger partial charge in [-0.05, 0) is 56.5 Å². The highest BCUT2D eigenvalue weighted by Gasteiger charge is 2.22. The monoisotopic (exact) mass is 272 g/mol. The van der Waals surface area contributed by atoms with Gasteiger partial charge in [-0.15, -0.1) is 11.8 Å². The molecule has 0 saturated carbocycles. The Bertz CT molecular complexity index is 550. The summed E-state index contributed by atoms with van der Waals surface area (Å²) < 4.78 is 0.0110. The molecule has 2 aromatic rings. The van der Waals surface area contributed by atoms with Gasteiger partial charge in [0.05, 0.1) is 0 Å². The Kier molecular flexibility index (Phi) is 3.91. The molecule has 2 heteroatoms. The van der Waals surface area contributed by atoms with Crippen LogP contribution in [0.3, 0.4) is 0 Å². The van der Waals surface area contributed by atoms with Gasteiger partial charge in [-0.3, -0.25) is 0 Å². The molecule has 0 saturated heterocycles. The van der Waals surface area contributed by atoms with Crippen molar-refractivity contribution in [2.24, 2.45) is 0 Å². The first-order valence-electron chi connectivity index (χ1n) is 6.45. The standard InChI is InChI=1S/C17H20OS/c1-12-10-15(11-13(2)16(12)18)19-17(3,4)14-8-6-5-7-9-14/h5-11,18H,1-4H3. The molecule has 2 rings (SSSR count). The highest BCUT2D eigenvalue weighted by molar-refractivity contribution is 8.00. The van der Waals surface area contributed by atoms with E-state index in [0.29, 0.717) is 5.75 Å². The second-order valence-corrected chi connectivity index (χ2v) is 7.08. The van der Waals surface area contributed by atoms with Crippen molar-refractivity contribution in [3.05, 3.63) is 59.2 Å². The number of hydrogen-bond acceptors (Lipinski definition) is 2. The van der Waals surface area contributed by atoms with E-state index in [4.69, 9.17) is 0 Å². The van der Waals surface area contributed by atoms with Crippen molar-refractivity contribution in [3.63, 3.8) is 0 Å². The van der Waals surface area contributed by atoms with Crippen molar-refractivity contribution in [1.82, 2.24) is 0 Å². The number of thioether (sulfide) groups is 1. The summed E-state index contributed by atoms with van der Waals surface area (Å²) in [5, 5.41) is 9.84. The first kappa shape index (κ1) is 14.0. The van der Waals surface area contributed by atoms with Crippen molar-refractivity contribution in [2.75, 3.05) is 0 Å². The average molecular weight is 272 g/mol. The molecular weight excluding hydrogens is 252 g/mol. The molecule has 0 unspecified atom stereocenters. The first-order chi connectivity index (χ1) is 8.90. The fourth-order valence-electron chi connectivity index (χ4n) is 2.17. The molecule has 0 fully saturated rings. The van der Waals surface area contributed by atoms with Crippen molar-refractivity contribution in [3.8, 4) is 5.75 Å². The number of benzene rings is 2. The van der Waals surface area contributed by atoms with Gasteiger partial charge in [-0.2, -0.15) is 0 Å². The largest absolute Gasteiger partial charge is 0.507 e. The van der Waals surface area contributed by atoms with Gasteiger partial charge < -0.3 is 5.11 Å². The molecule has 0 heterocycles. The summed E-state index contributed by atoms with van der Waals surface area (Å²) in [4.78, 5) is 1.20. The maximum Gasteiger partial charge on any atom is 0.121 e. The SMILES string of the molecule is Cc1cc(SC(C)(C)c2ccccc2)cc(C)c1O. The zero-order valence-electron chi connectivity index (χ0n) is 11.9. The first-order valence-corrected chi connectivity index (χ1v) is 7.26. The zero-order valence-corrected chi connectivity index (χ0v) is 12.7. The highest BCUT2D eigenvalue weighted by atomic mass is 32.2. The smallest absolute Gasteiger partial charge is 0.121 e. The van der Waals surface area contributed by atoms with Gasteiger partial charge in [-0.25, -0.2) is 0 Å². The Labute approximate surface area is 119 Å². The van der Waals surface area contributed by atoms with Crippen LogP contribution in [0.4, 0.5) is 0 Å².